The predicted molar refractivity (Wildman–Crippen MR) is 149 cm³/mol. The summed E-state index contributed by atoms with van der Waals surface area (Å²) < 4.78 is 33.9. The second kappa shape index (κ2) is 13.6. The van der Waals surface area contributed by atoms with Crippen molar-refractivity contribution < 1.29 is 17.9 Å². The van der Waals surface area contributed by atoms with Crippen LogP contribution in [0.2, 0.25) is 0 Å². The fraction of sp³-hybridized carbons (Fsp3) is 0.310. The molecule has 3 aromatic rings. The molecule has 37 heavy (non-hydrogen) atoms. The van der Waals surface area contributed by atoms with Crippen molar-refractivity contribution >= 4 is 27.8 Å². The molecule has 0 atom stereocenters. The summed E-state index contributed by atoms with van der Waals surface area (Å²) >= 11 is 0. The molecule has 0 heterocycles. The Balaban J connectivity index is 1.76. The van der Waals surface area contributed by atoms with Gasteiger partial charge in [-0.15, -0.1) is 0 Å². The van der Waals surface area contributed by atoms with Crippen LogP contribution in [0.3, 0.4) is 0 Å². The second-order valence-electron chi connectivity index (χ2n) is 8.96. The van der Waals surface area contributed by atoms with E-state index in [1.165, 1.54) is 18.3 Å². The summed E-state index contributed by atoms with van der Waals surface area (Å²) in [7, 11) is -3.98. The molecule has 0 aromatic heterocycles. The Morgan fingerprint density at radius 1 is 0.973 bits per heavy atom. The van der Waals surface area contributed by atoms with Gasteiger partial charge in [0, 0.05) is 5.56 Å². The third-order valence-corrected chi connectivity index (χ3v) is 7.57. The molecule has 0 aliphatic rings. The summed E-state index contributed by atoms with van der Waals surface area (Å²) in [6.07, 6.45) is 4.66. The number of amides is 1. The molecule has 0 fully saturated rings. The Morgan fingerprint density at radius 3 is 2.32 bits per heavy atom. The first-order valence-corrected chi connectivity index (χ1v) is 14.0. The number of carbonyl (C=O) groups is 1. The number of hydrazone groups is 1. The van der Waals surface area contributed by atoms with E-state index < -0.39 is 22.5 Å². The van der Waals surface area contributed by atoms with Crippen molar-refractivity contribution in [2.45, 2.75) is 50.8 Å². The molecule has 0 unspecified atom stereocenters. The molecule has 196 valence electrons. The van der Waals surface area contributed by atoms with E-state index in [1.807, 2.05) is 36.4 Å². The lowest BCUT2D eigenvalue weighted by Crippen LogP contribution is -2.39. The topological polar surface area (TPSA) is 88.1 Å². The number of rotatable bonds is 13. The van der Waals surface area contributed by atoms with Gasteiger partial charge in [0.25, 0.3) is 15.9 Å². The molecule has 0 aliphatic carbocycles. The molecule has 0 radical (unpaired) electrons. The van der Waals surface area contributed by atoms with Gasteiger partial charge in [0.15, 0.2) is 0 Å². The zero-order chi connectivity index (χ0) is 26.7. The SMILES string of the molecule is CCCCCOc1ccccc1/C=N/NC(=O)CN(c1ccc(C(C)C)cc1)S(=O)(=O)c1ccccc1. The number of para-hydroxylation sites is 1. The Hall–Kier alpha value is -3.65. The highest BCUT2D eigenvalue weighted by Crippen LogP contribution is 2.25. The highest BCUT2D eigenvalue weighted by atomic mass is 32.2. The van der Waals surface area contributed by atoms with Crippen molar-refractivity contribution in [3.05, 3.63) is 90.0 Å². The summed E-state index contributed by atoms with van der Waals surface area (Å²) in [4.78, 5) is 12.9. The lowest BCUT2D eigenvalue weighted by Gasteiger charge is -2.24. The van der Waals surface area contributed by atoms with Gasteiger partial charge in [-0.3, -0.25) is 9.10 Å². The van der Waals surface area contributed by atoms with Crippen molar-refractivity contribution in [1.82, 2.24) is 5.43 Å². The highest BCUT2D eigenvalue weighted by molar-refractivity contribution is 7.92. The van der Waals surface area contributed by atoms with Gasteiger partial charge in [0.05, 0.1) is 23.4 Å². The maximum absolute atomic E-state index is 13.5. The number of nitrogens with zero attached hydrogens (tertiary/aromatic N) is 2. The summed E-state index contributed by atoms with van der Waals surface area (Å²) in [5.74, 6) is 0.407. The Morgan fingerprint density at radius 2 is 1.65 bits per heavy atom. The van der Waals surface area contributed by atoms with Crippen molar-refractivity contribution in [2.75, 3.05) is 17.5 Å². The zero-order valence-electron chi connectivity index (χ0n) is 21.6. The molecule has 1 N–H and O–H groups in total. The molecule has 0 bridgehead atoms. The van der Waals surface area contributed by atoms with Crippen molar-refractivity contribution in [3.8, 4) is 5.75 Å². The van der Waals surface area contributed by atoms with Crippen molar-refractivity contribution in [3.63, 3.8) is 0 Å². The fourth-order valence-corrected chi connectivity index (χ4v) is 5.09. The first kappa shape index (κ1) is 27.9. The largest absolute Gasteiger partial charge is 0.493 e. The lowest BCUT2D eigenvalue weighted by molar-refractivity contribution is -0.119. The van der Waals surface area contributed by atoms with E-state index in [2.05, 4.69) is 31.3 Å². The Kier molecular flexibility index (Phi) is 10.3. The highest BCUT2D eigenvalue weighted by Gasteiger charge is 2.27. The van der Waals surface area contributed by atoms with Gasteiger partial charge >= 0.3 is 0 Å². The van der Waals surface area contributed by atoms with E-state index in [0.717, 1.165) is 34.7 Å². The number of nitrogens with one attached hydrogen (secondary N) is 1. The lowest BCUT2D eigenvalue weighted by atomic mass is 10.0. The number of hydrogen-bond acceptors (Lipinski definition) is 5. The van der Waals surface area contributed by atoms with Crippen LogP contribution < -0.4 is 14.5 Å². The third kappa shape index (κ3) is 7.92. The maximum atomic E-state index is 13.5. The molecular formula is C29H35N3O4S. The van der Waals surface area contributed by atoms with Gasteiger partial charge in [-0.1, -0.05) is 76.1 Å². The van der Waals surface area contributed by atoms with Gasteiger partial charge < -0.3 is 4.74 Å². The molecule has 0 spiro atoms. The monoisotopic (exact) mass is 521 g/mol. The number of carbonyl (C=O) groups excluding carboxylic acids is 1. The zero-order valence-corrected chi connectivity index (χ0v) is 22.4. The average molecular weight is 522 g/mol. The first-order valence-electron chi connectivity index (χ1n) is 12.5. The van der Waals surface area contributed by atoms with Gasteiger partial charge in [0.2, 0.25) is 0 Å². The molecular weight excluding hydrogens is 486 g/mol. The van der Waals surface area contributed by atoms with Crippen LogP contribution in [0.5, 0.6) is 5.75 Å². The molecule has 0 saturated carbocycles. The van der Waals surface area contributed by atoms with Crippen molar-refractivity contribution in [2.24, 2.45) is 5.10 Å². The van der Waals surface area contributed by atoms with Gasteiger partial charge in [-0.25, -0.2) is 13.8 Å². The van der Waals surface area contributed by atoms with Crippen LogP contribution >= 0.6 is 0 Å². The Bertz CT molecular complexity index is 1270. The van der Waals surface area contributed by atoms with E-state index in [0.29, 0.717) is 24.0 Å². The summed E-state index contributed by atoms with van der Waals surface area (Å²) in [6.45, 7) is 6.44. The summed E-state index contributed by atoms with van der Waals surface area (Å²) in [5.41, 5.74) is 4.65. The normalized spacial score (nSPS) is 11.6. The molecule has 0 aliphatic heterocycles. The number of unbranched alkanes of at least 4 members (excludes halogenated alkanes) is 2. The first-order chi connectivity index (χ1) is 17.8. The predicted octanol–water partition coefficient (Wildman–Crippen LogP) is 5.72. The molecule has 3 aromatic carbocycles. The minimum Gasteiger partial charge on any atom is -0.493 e. The quantitative estimate of drug-likeness (QED) is 0.177. The minimum absolute atomic E-state index is 0.105. The molecule has 1 amide bonds. The van der Waals surface area contributed by atoms with Gasteiger partial charge in [-0.2, -0.15) is 5.10 Å². The fourth-order valence-electron chi connectivity index (χ4n) is 3.65. The summed E-state index contributed by atoms with van der Waals surface area (Å²) in [5, 5.41) is 4.06. The third-order valence-electron chi connectivity index (χ3n) is 5.78. The van der Waals surface area contributed by atoms with Gasteiger partial charge in [0.1, 0.15) is 12.3 Å². The van der Waals surface area contributed by atoms with E-state index in [9.17, 15) is 13.2 Å². The molecule has 7 nitrogen and oxygen atoms in total. The van der Waals surface area contributed by atoms with Crippen LogP contribution in [-0.4, -0.2) is 33.7 Å². The van der Waals surface area contributed by atoms with Crippen LogP contribution in [0.4, 0.5) is 5.69 Å². The maximum Gasteiger partial charge on any atom is 0.264 e. The van der Waals surface area contributed by atoms with Gasteiger partial charge in [-0.05, 0) is 54.3 Å². The van der Waals surface area contributed by atoms with Crippen LogP contribution in [0.25, 0.3) is 0 Å². The minimum atomic E-state index is -3.98. The van der Waals surface area contributed by atoms with Crippen molar-refractivity contribution in [1.29, 1.82) is 0 Å². The number of hydrogen-bond donors (Lipinski definition) is 1. The smallest absolute Gasteiger partial charge is 0.264 e. The number of anilines is 1. The summed E-state index contributed by atoms with van der Waals surface area (Å²) in [6, 6.07) is 22.7. The standard InChI is InChI=1S/C29H35N3O4S/c1-4-5-11-20-36-28-15-10-9-12-25(28)21-30-31-29(33)22-32(26-18-16-24(17-19-26)23(2)3)37(34,35)27-13-7-6-8-14-27/h6-10,12-19,21,23H,4-5,11,20,22H2,1-3H3,(H,31,33)/b30-21+. The number of benzene rings is 3. The molecule has 8 heteroatoms. The number of ether oxygens (including phenoxy) is 1. The Labute approximate surface area is 220 Å². The van der Waals surface area contributed by atoms with Crippen LogP contribution in [0.15, 0.2) is 88.9 Å². The van der Waals surface area contributed by atoms with Crippen LogP contribution in [0.1, 0.15) is 57.1 Å². The van der Waals surface area contributed by atoms with Crippen LogP contribution in [-0.2, 0) is 14.8 Å². The van der Waals surface area contributed by atoms with Crippen LogP contribution in [0, 0.1) is 0 Å². The molecule has 3 rings (SSSR count). The number of sulfonamides is 1. The van der Waals surface area contributed by atoms with E-state index in [-0.39, 0.29) is 4.90 Å². The average Bonchev–Trinajstić information content (AvgIpc) is 2.91. The second-order valence-corrected chi connectivity index (χ2v) is 10.8. The van der Waals surface area contributed by atoms with E-state index in [1.54, 1.807) is 30.3 Å². The van der Waals surface area contributed by atoms with E-state index in [4.69, 9.17) is 4.74 Å². The van der Waals surface area contributed by atoms with E-state index >= 15 is 0 Å². The molecule has 0 saturated heterocycles.